The minimum Gasteiger partial charge on any atom is -0.508 e. The second-order valence-electron chi connectivity index (χ2n) is 23.2. The lowest BCUT2D eigenvalue weighted by atomic mass is 9.91. The lowest BCUT2D eigenvalue weighted by molar-refractivity contribution is -0.143. The monoisotopic (exact) mass is 1070 g/mol. The van der Waals surface area contributed by atoms with Crippen LogP contribution in [0.15, 0.2) is 72.8 Å². The van der Waals surface area contributed by atoms with Gasteiger partial charge in [0, 0.05) is 51.9 Å². The summed E-state index contributed by atoms with van der Waals surface area (Å²) in [4.78, 5) is 86.9. The summed E-state index contributed by atoms with van der Waals surface area (Å²) in [5.41, 5.74) is 6.99. The Morgan fingerprint density at radius 2 is 0.821 bits per heavy atom. The van der Waals surface area contributed by atoms with E-state index in [1.807, 2.05) is 76.2 Å². The molecule has 0 radical (unpaired) electrons. The van der Waals surface area contributed by atoms with Gasteiger partial charge in [-0.15, -0.1) is 0 Å². The molecule has 6 amide bonds. The van der Waals surface area contributed by atoms with Crippen LogP contribution in [0.1, 0.15) is 149 Å². The van der Waals surface area contributed by atoms with Crippen molar-refractivity contribution in [1.29, 1.82) is 0 Å². The normalized spacial score (nSPS) is 16.0. The first kappa shape index (κ1) is 60.1. The van der Waals surface area contributed by atoms with Crippen LogP contribution in [0.5, 0.6) is 11.5 Å². The maximum Gasteiger partial charge on any atom is 0.408 e. The number of hydrogen-bond donors (Lipinski definition) is 6. The van der Waals surface area contributed by atoms with Crippen molar-refractivity contribution in [3.63, 3.8) is 0 Å². The molecule has 2 heterocycles. The number of ether oxygens (including phenoxy) is 2. The first-order chi connectivity index (χ1) is 36.9. The molecule has 0 unspecified atom stereocenters. The molecule has 0 spiro atoms. The van der Waals surface area contributed by atoms with Gasteiger partial charge in [-0.05, 0) is 162 Å². The zero-order valence-electron chi connectivity index (χ0n) is 47.6. The number of nitrogens with one attached hydrogen (secondary N) is 4. The smallest absolute Gasteiger partial charge is 0.408 e. The first-order valence-corrected chi connectivity index (χ1v) is 27.7. The first-order valence-electron chi connectivity index (χ1n) is 27.7. The number of unbranched alkanes of at least 4 members (excludes halogenated alkanes) is 7. The quantitative estimate of drug-likeness (QED) is 0.0435. The van der Waals surface area contributed by atoms with Crippen LogP contribution < -0.4 is 21.3 Å². The second kappa shape index (κ2) is 27.0. The number of hydrogen-bond acceptors (Lipinski definition) is 10. The van der Waals surface area contributed by atoms with Gasteiger partial charge in [-0.25, -0.2) is 9.59 Å². The van der Waals surface area contributed by atoms with Crippen molar-refractivity contribution in [2.24, 2.45) is 0 Å². The van der Waals surface area contributed by atoms with Crippen LogP contribution >= 0.6 is 0 Å². The molecule has 4 atom stereocenters. The van der Waals surface area contributed by atoms with Crippen LogP contribution in [0.3, 0.4) is 0 Å². The van der Waals surface area contributed by atoms with E-state index in [1.165, 1.54) is 0 Å². The summed E-state index contributed by atoms with van der Waals surface area (Å²) in [7, 11) is 0. The summed E-state index contributed by atoms with van der Waals surface area (Å²) in [6.07, 6.45) is 6.88. The Hall–Kier alpha value is -7.10. The van der Waals surface area contributed by atoms with Crippen LogP contribution in [-0.4, -0.2) is 104 Å². The summed E-state index contributed by atoms with van der Waals surface area (Å²) < 4.78 is 11.2. The number of carbonyl (C=O) groups excluding carboxylic acids is 6. The minimum atomic E-state index is -1.04. The average Bonchev–Trinajstić information content (AvgIpc) is 3.41. The highest BCUT2D eigenvalue weighted by molar-refractivity contribution is 5.93. The third-order valence-electron chi connectivity index (χ3n) is 14.5. The van der Waals surface area contributed by atoms with Gasteiger partial charge in [0.2, 0.25) is 23.6 Å². The molecule has 78 heavy (non-hydrogen) atoms. The van der Waals surface area contributed by atoms with Crippen LogP contribution in [-0.2, 0) is 67.4 Å². The number of aryl methyl sites for hydroxylation is 4. The van der Waals surface area contributed by atoms with Crippen molar-refractivity contribution in [3.05, 3.63) is 128 Å². The fourth-order valence-electron chi connectivity index (χ4n) is 10.6. The maximum atomic E-state index is 14.7. The molecule has 2 aliphatic heterocycles. The van der Waals surface area contributed by atoms with E-state index in [-0.39, 0.29) is 49.2 Å². The molecule has 6 rings (SSSR count). The molecule has 0 aromatic heterocycles. The molecule has 0 fully saturated rings. The van der Waals surface area contributed by atoms with E-state index in [0.717, 1.165) is 107 Å². The number of amides is 6. The van der Waals surface area contributed by atoms with Crippen molar-refractivity contribution in [2.45, 2.75) is 195 Å². The van der Waals surface area contributed by atoms with Gasteiger partial charge < -0.3 is 50.8 Å². The van der Waals surface area contributed by atoms with Gasteiger partial charge >= 0.3 is 12.2 Å². The third-order valence-corrected chi connectivity index (χ3v) is 14.5. The molecular weight excluding hydrogens is 989 g/mol. The summed E-state index contributed by atoms with van der Waals surface area (Å²) in [5, 5.41) is 32.3. The summed E-state index contributed by atoms with van der Waals surface area (Å²) in [6, 6.07) is 18.4. The Morgan fingerprint density at radius 3 is 1.14 bits per heavy atom. The topological polar surface area (TPSA) is 216 Å². The Labute approximate surface area is 461 Å². The van der Waals surface area contributed by atoms with E-state index in [4.69, 9.17) is 9.47 Å². The maximum absolute atomic E-state index is 14.7. The SMILES string of the molecule is Cc1cc(O)cc(C)c1C[C@H](NC(=O)OC(C)(C)C)C(=O)N1Cc2ccccc2C[C@H]1C(=O)NCCCCCCCCCCNC(=O)[C@@H]1Cc2ccccc2CN1C(=O)[C@H](Cc1c(C)cc(O)cc1C)NC(=O)OC(C)(C)C. The molecule has 0 aliphatic carbocycles. The molecule has 16 nitrogen and oxygen atoms in total. The van der Waals surface area contributed by atoms with Gasteiger partial charge in [-0.3, -0.25) is 19.2 Å². The molecule has 0 saturated carbocycles. The number of rotatable bonds is 21. The Balaban J connectivity index is 0.972. The Morgan fingerprint density at radius 1 is 0.513 bits per heavy atom. The number of phenolic OH excluding ortho intramolecular Hbond substituents is 2. The minimum absolute atomic E-state index is 0.113. The Kier molecular flexibility index (Phi) is 20.8. The highest BCUT2D eigenvalue weighted by Gasteiger charge is 2.41. The predicted molar refractivity (Wildman–Crippen MR) is 301 cm³/mol. The fourth-order valence-corrected chi connectivity index (χ4v) is 10.6. The number of benzene rings is 4. The van der Waals surface area contributed by atoms with Crippen molar-refractivity contribution in [3.8, 4) is 11.5 Å². The largest absolute Gasteiger partial charge is 0.508 e. The van der Waals surface area contributed by atoms with Gasteiger partial charge in [-0.2, -0.15) is 0 Å². The van der Waals surface area contributed by atoms with Crippen molar-refractivity contribution < 1.29 is 48.5 Å². The number of alkyl carbamates (subject to hydrolysis) is 2. The van der Waals surface area contributed by atoms with Crippen LogP contribution in [0, 0.1) is 27.7 Å². The second-order valence-corrected chi connectivity index (χ2v) is 23.2. The van der Waals surface area contributed by atoms with Gasteiger partial charge in [0.25, 0.3) is 0 Å². The van der Waals surface area contributed by atoms with E-state index in [1.54, 1.807) is 75.6 Å². The highest BCUT2D eigenvalue weighted by Crippen LogP contribution is 2.30. The number of nitrogens with zero attached hydrogens (tertiary/aromatic N) is 2. The van der Waals surface area contributed by atoms with Crippen LogP contribution in [0.2, 0.25) is 0 Å². The molecular formula is C62H84N6O10. The standard InChI is InChI=1S/C62H84N6O10/c1-39-29-47(69)30-40(2)49(39)35-51(65-59(75)77-61(5,6)7)57(73)67-37-45-25-19-17-23-43(45)33-53(67)55(71)63-27-21-15-13-11-12-14-16-22-28-64-56(72)54-34-44-24-18-20-26-46(44)38-68(54)58(74)52(66-60(76)78-62(8,9)10)36-50-41(3)31-48(70)32-42(50)4/h17-20,23-26,29-32,51-54,69-70H,11-16,21-22,27-28,33-38H2,1-10H3,(H,63,71)(H,64,72)(H,65,75)(H,66,76)/t51-,52-,53-,54-/m0/s1. The molecule has 16 heteroatoms. The van der Waals surface area contributed by atoms with E-state index in [9.17, 15) is 39.0 Å². The van der Waals surface area contributed by atoms with E-state index in [0.29, 0.717) is 25.9 Å². The lowest BCUT2D eigenvalue weighted by Gasteiger charge is -2.38. The van der Waals surface area contributed by atoms with Crippen molar-refractivity contribution >= 4 is 35.8 Å². The summed E-state index contributed by atoms with van der Waals surface area (Å²) in [6.45, 7) is 19.2. The predicted octanol–water partition coefficient (Wildman–Crippen LogP) is 9.16. The van der Waals surface area contributed by atoms with Gasteiger partial charge in [0.15, 0.2) is 0 Å². The molecule has 4 aromatic rings. The molecule has 0 saturated heterocycles. The number of carbonyl (C=O) groups is 6. The van der Waals surface area contributed by atoms with Crippen LogP contribution in [0.4, 0.5) is 9.59 Å². The average molecular weight is 1070 g/mol. The number of fused-ring (bicyclic) bond motifs is 2. The molecule has 4 aromatic carbocycles. The molecule has 2 aliphatic rings. The Bertz CT molecular complexity index is 2550. The van der Waals surface area contributed by atoms with Gasteiger partial charge in [0.1, 0.15) is 46.9 Å². The van der Waals surface area contributed by atoms with Gasteiger partial charge in [-0.1, -0.05) is 87.1 Å². The van der Waals surface area contributed by atoms with Crippen LogP contribution in [0.25, 0.3) is 0 Å². The summed E-state index contributed by atoms with van der Waals surface area (Å²) >= 11 is 0. The third kappa shape index (κ3) is 17.2. The number of phenols is 2. The van der Waals surface area contributed by atoms with Crippen molar-refractivity contribution in [1.82, 2.24) is 31.1 Å². The van der Waals surface area contributed by atoms with Gasteiger partial charge in [0.05, 0.1) is 0 Å². The van der Waals surface area contributed by atoms with E-state index < -0.39 is 59.4 Å². The lowest BCUT2D eigenvalue weighted by Crippen LogP contribution is -2.58. The zero-order valence-corrected chi connectivity index (χ0v) is 47.6. The number of aromatic hydroxyl groups is 2. The molecule has 422 valence electrons. The fraction of sp³-hybridized carbons (Fsp3) is 0.516. The van der Waals surface area contributed by atoms with E-state index >= 15 is 0 Å². The molecule has 0 bridgehead atoms. The molecule has 6 N–H and O–H groups in total. The zero-order chi connectivity index (χ0) is 56.9. The summed E-state index contributed by atoms with van der Waals surface area (Å²) in [5.74, 6) is -1.06. The highest BCUT2D eigenvalue weighted by atomic mass is 16.6. The van der Waals surface area contributed by atoms with E-state index in [2.05, 4.69) is 21.3 Å². The van der Waals surface area contributed by atoms with Crippen molar-refractivity contribution in [2.75, 3.05) is 13.1 Å².